The van der Waals surface area contributed by atoms with Crippen LogP contribution in [0.1, 0.15) is 53.9 Å². The summed E-state index contributed by atoms with van der Waals surface area (Å²) >= 11 is 11.9. The molecule has 33 heavy (non-hydrogen) atoms. The van der Waals surface area contributed by atoms with E-state index in [4.69, 9.17) is 27.9 Å². The lowest BCUT2D eigenvalue weighted by molar-refractivity contribution is -0.188. The van der Waals surface area contributed by atoms with Crippen LogP contribution in [0.5, 0.6) is 5.75 Å². The Kier molecular flexibility index (Phi) is 4.59. The number of amides is 2. The maximum absolute atomic E-state index is 13.1. The lowest BCUT2D eigenvalue weighted by Gasteiger charge is -2.73. The quantitative estimate of drug-likeness (QED) is 0.707. The number of likely N-dealkylation sites (tertiary alicyclic amines) is 1. The van der Waals surface area contributed by atoms with E-state index in [1.165, 1.54) is 0 Å². The second kappa shape index (κ2) is 7.21. The summed E-state index contributed by atoms with van der Waals surface area (Å²) in [6.07, 6.45) is 2.18. The number of ketones is 1. The first-order chi connectivity index (χ1) is 15.8. The summed E-state index contributed by atoms with van der Waals surface area (Å²) in [7, 11) is 0. The number of carbonyl (C=O) groups excluding carboxylic acids is 3. The fourth-order valence-electron chi connectivity index (χ4n) is 6.09. The fourth-order valence-corrected chi connectivity index (χ4v) is 6.39. The average Bonchev–Trinajstić information content (AvgIpc) is 3.11. The standard InChI is InChI=1S/C25H22Cl2N2O4/c26-15-3-1-14(2-4-15)17-7-8-29(23(17)32)25-11-24(12-25,13-25)28-22(31)21-10-19(30)18-9-16(27)5-6-20(18)33-21/h1-6,9,17,21H,7-8,10-13H2,(H,28,31)/t17?,21-,24?,25?/m1/s1. The molecule has 2 aromatic carbocycles. The Morgan fingerprint density at radius 2 is 1.73 bits per heavy atom. The van der Waals surface area contributed by atoms with Crippen molar-refractivity contribution in [1.29, 1.82) is 0 Å². The fraction of sp³-hybridized carbons (Fsp3) is 0.400. The summed E-state index contributed by atoms with van der Waals surface area (Å²) in [5.41, 5.74) is 0.960. The van der Waals surface area contributed by atoms with Gasteiger partial charge in [0.25, 0.3) is 5.91 Å². The van der Waals surface area contributed by atoms with E-state index in [1.807, 2.05) is 29.2 Å². The molecule has 4 fully saturated rings. The molecular weight excluding hydrogens is 463 g/mol. The number of nitrogens with zero attached hydrogens (tertiary/aromatic N) is 1. The number of fused-ring (bicyclic) bond motifs is 1. The van der Waals surface area contributed by atoms with E-state index in [2.05, 4.69) is 5.32 Å². The first-order valence-electron chi connectivity index (χ1n) is 11.2. The molecule has 1 N–H and O–H groups in total. The number of Topliss-reactive ketones (excluding diaryl/α,β-unsaturated/α-hetero) is 1. The molecule has 2 atom stereocenters. The van der Waals surface area contributed by atoms with Gasteiger partial charge in [-0.05, 0) is 61.6 Å². The predicted molar refractivity (Wildman–Crippen MR) is 123 cm³/mol. The minimum Gasteiger partial charge on any atom is -0.479 e. The van der Waals surface area contributed by atoms with Crippen LogP contribution in [0.2, 0.25) is 10.0 Å². The van der Waals surface area contributed by atoms with Crippen molar-refractivity contribution >= 4 is 40.8 Å². The number of halogens is 2. The van der Waals surface area contributed by atoms with Gasteiger partial charge in [0.2, 0.25) is 5.91 Å². The maximum atomic E-state index is 13.1. The highest BCUT2D eigenvalue weighted by Gasteiger charge is 2.72. The van der Waals surface area contributed by atoms with Crippen LogP contribution in [-0.2, 0) is 9.59 Å². The lowest BCUT2D eigenvalue weighted by atomic mass is 9.43. The number of nitrogens with one attached hydrogen (secondary N) is 1. The Balaban J connectivity index is 1.08. The molecule has 0 aromatic heterocycles. The second-order valence-electron chi connectivity index (χ2n) is 9.78. The summed E-state index contributed by atoms with van der Waals surface area (Å²) in [6.45, 7) is 0.732. The van der Waals surface area contributed by atoms with Gasteiger partial charge in [0.05, 0.1) is 17.9 Å². The molecule has 2 aliphatic heterocycles. The molecule has 5 aliphatic rings. The Hall–Kier alpha value is -2.57. The SMILES string of the molecule is O=C1C[C@H](C(=O)NC23CC(N4CCC(c5ccc(Cl)cc5)C4=O)(C2)C3)Oc2ccc(Cl)cc21. The molecule has 8 heteroatoms. The van der Waals surface area contributed by atoms with E-state index < -0.39 is 6.10 Å². The van der Waals surface area contributed by atoms with Crippen molar-refractivity contribution in [2.45, 2.75) is 55.2 Å². The van der Waals surface area contributed by atoms with Crippen molar-refractivity contribution in [3.8, 4) is 5.75 Å². The Morgan fingerprint density at radius 3 is 2.45 bits per heavy atom. The van der Waals surface area contributed by atoms with Gasteiger partial charge >= 0.3 is 0 Å². The third-order valence-corrected chi connectivity index (χ3v) is 8.10. The third-order valence-electron chi connectivity index (χ3n) is 7.62. The van der Waals surface area contributed by atoms with Gasteiger partial charge in [0.15, 0.2) is 11.9 Å². The van der Waals surface area contributed by atoms with Crippen molar-refractivity contribution in [3.63, 3.8) is 0 Å². The van der Waals surface area contributed by atoms with E-state index >= 15 is 0 Å². The van der Waals surface area contributed by atoms with Crippen molar-refractivity contribution in [2.24, 2.45) is 0 Å². The van der Waals surface area contributed by atoms with Gasteiger partial charge in [-0.15, -0.1) is 0 Å². The summed E-state index contributed by atoms with van der Waals surface area (Å²) in [5.74, 6) is -0.000775. The number of hydrogen-bond acceptors (Lipinski definition) is 4. The first kappa shape index (κ1) is 21.0. The highest BCUT2D eigenvalue weighted by atomic mass is 35.5. The molecule has 1 saturated heterocycles. The van der Waals surface area contributed by atoms with Gasteiger partial charge in [-0.25, -0.2) is 0 Å². The van der Waals surface area contributed by atoms with Gasteiger partial charge in [-0.2, -0.15) is 0 Å². The molecular formula is C25H22Cl2N2O4. The molecule has 0 radical (unpaired) electrons. The van der Waals surface area contributed by atoms with Crippen molar-refractivity contribution in [3.05, 3.63) is 63.6 Å². The summed E-state index contributed by atoms with van der Waals surface area (Å²) in [5, 5.41) is 4.23. The molecule has 6 nitrogen and oxygen atoms in total. The molecule has 170 valence electrons. The number of ether oxygens (including phenoxy) is 1. The number of rotatable bonds is 4. The zero-order chi connectivity index (χ0) is 23.0. The smallest absolute Gasteiger partial charge is 0.261 e. The van der Waals surface area contributed by atoms with Gasteiger partial charge in [-0.3, -0.25) is 14.4 Å². The molecule has 0 spiro atoms. The molecule has 3 aliphatic carbocycles. The Morgan fingerprint density at radius 1 is 1.03 bits per heavy atom. The van der Waals surface area contributed by atoms with Gasteiger partial charge < -0.3 is 15.0 Å². The van der Waals surface area contributed by atoms with Crippen LogP contribution < -0.4 is 10.1 Å². The van der Waals surface area contributed by atoms with Crippen molar-refractivity contribution < 1.29 is 19.1 Å². The normalized spacial score (nSPS) is 31.9. The van der Waals surface area contributed by atoms with Crippen molar-refractivity contribution in [1.82, 2.24) is 10.2 Å². The zero-order valence-electron chi connectivity index (χ0n) is 17.8. The monoisotopic (exact) mass is 484 g/mol. The number of carbonyl (C=O) groups is 3. The van der Waals surface area contributed by atoms with E-state index in [9.17, 15) is 14.4 Å². The molecule has 2 aromatic rings. The summed E-state index contributed by atoms with van der Waals surface area (Å²) in [4.78, 5) is 40.5. The largest absolute Gasteiger partial charge is 0.479 e. The molecule has 2 amide bonds. The van der Waals surface area contributed by atoms with Crippen LogP contribution in [0.3, 0.4) is 0 Å². The van der Waals surface area contributed by atoms with Gasteiger partial charge in [0, 0.05) is 27.7 Å². The topological polar surface area (TPSA) is 75.7 Å². The number of benzene rings is 2. The molecule has 3 saturated carbocycles. The molecule has 2 heterocycles. The van der Waals surface area contributed by atoms with E-state index in [0.717, 1.165) is 37.8 Å². The van der Waals surface area contributed by atoms with Crippen molar-refractivity contribution in [2.75, 3.05) is 6.54 Å². The molecule has 2 bridgehead atoms. The maximum Gasteiger partial charge on any atom is 0.261 e. The Labute approximate surface area is 201 Å². The van der Waals surface area contributed by atoms with Crippen LogP contribution in [-0.4, -0.2) is 46.2 Å². The van der Waals surface area contributed by atoms with E-state index in [0.29, 0.717) is 21.4 Å². The van der Waals surface area contributed by atoms with E-state index in [-0.39, 0.29) is 41.0 Å². The Bertz CT molecular complexity index is 1180. The summed E-state index contributed by atoms with van der Waals surface area (Å²) < 4.78 is 5.80. The molecule has 1 unspecified atom stereocenters. The third kappa shape index (κ3) is 3.26. The van der Waals surface area contributed by atoms with E-state index in [1.54, 1.807) is 18.2 Å². The van der Waals surface area contributed by atoms with Gasteiger partial charge in [-0.1, -0.05) is 35.3 Å². The van der Waals surface area contributed by atoms with Gasteiger partial charge in [0.1, 0.15) is 5.75 Å². The van der Waals surface area contributed by atoms with Crippen LogP contribution in [0.25, 0.3) is 0 Å². The minimum absolute atomic E-state index is 0.00617. The van der Waals surface area contributed by atoms with Crippen LogP contribution >= 0.6 is 23.2 Å². The second-order valence-corrected chi connectivity index (χ2v) is 10.7. The zero-order valence-corrected chi connectivity index (χ0v) is 19.3. The predicted octanol–water partition coefficient (Wildman–Crippen LogP) is 4.13. The highest BCUT2D eigenvalue weighted by Crippen LogP contribution is 2.64. The highest BCUT2D eigenvalue weighted by molar-refractivity contribution is 6.31. The first-order valence-corrected chi connectivity index (χ1v) is 11.9. The average molecular weight is 485 g/mol. The van der Waals surface area contributed by atoms with Crippen LogP contribution in [0, 0.1) is 0 Å². The van der Waals surface area contributed by atoms with Crippen LogP contribution in [0.15, 0.2) is 42.5 Å². The summed E-state index contributed by atoms with van der Waals surface area (Å²) in [6, 6.07) is 12.3. The lowest BCUT2D eigenvalue weighted by Crippen LogP contribution is -2.84. The number of hydrogen-bond donors (Lipinski definition) is 1. The minimum atomic E-state index is -0.848. The molecule has 7 rings (SSSR count). The van der Waals surface area contributed by atoms with Crippen LogP contribution in [0.4, 0.5) is 0 Å².